The number of H-pyrrole nitrogens is 1. The highest BCUT2D eigenvalue weighted by Crippen LogP contribution is 2.34. The van der Waals surface area contributed by atoms with Crippen molar-refractivity contribution in [3.05, 3.63) is 71.0 Å². The first-order chi connectivity index (χ1) is 16.0. The van der Waals surface area contributed by atoms with Gasteiger partial charge in [-0.2, -0.15) is 10.2 Å². The average Bonchev–Trinajstić information content (AvgIpc) is 3.59. The smallest absolute Gasteiger partial charge is 0.312 e. The Balaban J connectivity index is 1.42. The molecule has 0 bridgehead atoms. The van der Waals surface area contributed by atoms with Crippen LogP contribution in [0.1, 0.15) is 44.9 Å². The normalized spacial score (nSPS) is 15.8. The zero-order valence-corrected chi connectivity index (χ0v) is 18.3. The molecule has 5 aromatic heterocycles. The number of hydrogen-bond acceptors (Lipinski definition) is 7. The minimum absolute atomic E-state index is 0.0745. The molecule has 0 radical (unpaired) electrons. The summed E-state index contributed by atoms with van der Waals surface area (Å²) in [5.74, 6) is -0.177. The van der Waals surface area contributed by atoms with Crippen LogP contribution in [0.5, 0.6) is 0 Å². The number of aromatic nitrogens is 8. The van der Waals surface area contributed by atoms with E-state index in [0.717, 1.165) is 33.7 Å². The molecule has 11 nitrogen and oxygen atoms in total. The Bertz CT molecular complexity index is 1490. The molecule has 0 saturated heterocycles. The Morgan fingerprint density at radius 3 is 2.91 bits per heavy atom. The molecule has 1 aliphatic rings. The molecule has 0 aliphatic carbocycles. The lowest BCUT2D eigenvalue weighted by Gasteiger charge is -2.32. The lowest BCUT2D eigenvalue weighted by molar-refractivity contribution is 0.0646. The average molecular weight is 443 g/mol. The van der Waals surface area contributed by atoms with Crippen LogP contribution in [-0.2, 0) is 13.5 Å². The Morgan fingerprint density at radius 2 is 2.12 bits per heavy atom. The van der Waals surface area contributed by atoms with Crippen LogP contribution in [0.25, 0.3) is 17.1 Å². The molecular formula is C22H21N9O2. The van der Waals surface area contributed by atoms with E-state index >= 15 is 0 Å². The third-order valence-corrected chi connectivity index (χ3v) is 6.13. The summed E-state index contributed by atoms with van der Waals surface area (Å²) in [4.78, 5) is 23.0. The Labute approximate surface area is 188 Å². The topological polar surface area (TPSA) is 123 Å². The minimum atomic E-state index is -0.472. The van der Waals surface area contributed by atoms with Crippen molar-refractivity contribution >= 4 is 11.4 Å². The van der Waals surface area contributed by atoms with Gasteiger partial charge in [-0.1, -0.05) is 6.07 Å². The largest absolute Gasteiger partial charge is 0.411 e. The Morgan fingerprint density at radius 1 is 1.24 bits per heavy atom. The first kappa shape index (κ1) is 19.4. The predicted octanol–water partition coefficient (Wildman–Crippen LogP) is 2.25. The van der Waals surface area contributed by atoms with E-state index in [2.05, 4.69) is 25.3 Å². The van der Waals surface area contributed by atoms with Gasteiger partial charge in [0.25, 0.3) is 5.89 Å². The second kappa shape index (κ2) is 7.12. The van der Waals surface area contributed by atoms with Crippen molar-refractivity contribution in [2.75, 3.05) is 6.54 Å². The van der Waals surface area contributed by atoms with E-state index in [0.29, 0.717) is 18.7 Å². The molecule has 11 heteroatoms. The first-order valence-corrected chi connectivity index (χ1v) is 10.6. The number of carbonyl (C=O) groups is 1. The summed E-state index contributed by atoms with van der Waals surface area (Å²) in [6, 6.07) is 5.51. The molecule has 1 atom stereocenters. The fraction of sp³-hybridized carbons (Fsp3) is 0.273. The molecule has 5 aromatic rings. The summed E-state index contributed by atoms with van der Waals surface area (Å²) in [5.41, 5.74) is 6.15. The fourth-order valence-electron chi connectivity index (χ4n) is 4.49. The van der Waals surface area contributed by atoms with Gasteiger partial charge in [-0.3, -0.25) is 9.48 Å². The molecule has 0 fully saturated rings. The second-order valence-electron chi connectivity index (χ2n) is 8.22. The van der Waals surface area contributed by atoms with Crippen molar-refractivity contribution in [2.24, 2.45) is 7.05 Å². The van der Waals surface area contributed by atoms with Crippen LogP contribution < -0.4 is 0 Å². The third kappa shape index (κ3) is 2.96. The van der Waals surface area contributed by atoms with Crippen molar-refractivity contribution in [3.8, 4) is 11.6 Å². The van der Waals surface area contributed by atoms with Crippen molar-refractivity contribution < 1.29 is 9.21 Å². The molecule has 1 aliphatic heterocycles. The van der Waals surface area contributed by atoms with Crippen LogP contribution in [-0.4, -0.2) is 56.9 Å². The molecule has 6 rings (SSSR count). The van der Waals surface area contributed by atoms with E-state index in [1.807, 2.05) is 42.8 Å². The van der Waals surface area contributed by atoms with Gasteiger partial charge in [0.15, 0.2) is 0 Å². The molecule has 0 saturated carbocycles. The molecule has 0 unspecified atom stereocenters. The summed E-state index contributed by atoms with van der Waals surface area (Å²) < 4.78 is 9.28. The van der Waals surface area contributed by atoms with Crippen LogP contribution in [0.15, 0.2) is 41.3 Å². The number of pyridine rings is 1. The number of amides is 1. The lowest BCUT2D eigenvalue weighted by Crippen LogP contribution is -2.41. The van der Waals surface area contributed by atoms with E-state index in [1.165, 1.54) is 0 Å². The van der Waals surface area contributed by atoms with Gasteiger partial charge in [-0.25, -0.2) is 9.50 Å². The van der Waals surface area contributed by atoms with Crippen molar-refractivity contribution in [1.29, 1.82) is 0 Å². The molecular weight excluding hydrogens is 422 g/mol. The van der Waals surface area contributed by atoms with E-state index in [-0.39, 0.29) is 17.7 Å². The quantitative estimate of drug-likeness (QED) is 0.454. The highest BCUT2D eigenvalue weighted by atomic mass is 16.4. The number of rotatable bonds is 3. The van der Waals surface area contributed by atoms with Gasteiger partial charge in [-0.15, -0.1) is 10.2 Å². The van der Waals surface area contributed by atoms with Crippen molar-refractivity contribution in [2.45, 2.75) is 26.3 Å². The van der Waals surface area contributed by atoms with Gasteiger partial charge in [0.2, 0.25) is 0 Å². The van der Waals surface area contributed by atoms with Gasteiger partial charge in [0, 0.05) is 31.9 Å². The number of imidazole rings is 1. The monoisotopic (exact) mass is 443 g/mol. The summed E-state index contributed by atoms with van der Waals surface area (Å²) in [5, 5.41) is 17.1. The number of nitrogens with zero attached hydrogens (tertiary/aromatic N) is 8. The fourth-order valence-corrected chi connectivity index (χ4v) is 4.49. The zero-order valence-electron chi connectivity index (χ0n) is 18.3. The maximum atomic E-state index is 13.6. The molecule has 166 valence electrons. The molecule has 1 amide bonds. The maximum Gasteiger partial charge on any atom is 0.312 e. The van der Waals surface area contributed by atoms with E-state index < -0.39 is 6.04 Å². The number of nitrogens with one attached hydrogen (secondary N) is 1. The summed E-state index contributed by atoms with van der Waals surface area (Å²) in [6.07, 6.45) is 5.91. The van der Waals surface area contributed by atoms with Crippen molar-refractivity contribution in [1.82, 2.24) is 44.5 Å². The third-order valence-electron chi connectivity index (χ3n) is 6.13. The van der Waals surface area contributed by atoms with E-state index in [9.17, 15) is 4.79 Å². The summed E-state index contributed by atoms with van der Waals surface area (Å²) in [6.45, 7) is 4.40. The van der Waals surface area contributed by atoms with Gasteiger partial charge < -0.3 is 14.3 Å². The van der Waals surface area contributed by atoms with Crippen LogP contribution >= 0.6 is 0 Å². The first-order valence-electron chi connectivity index (χ1n) is 10.6. The minimum Gasteiger partial charge on any atom is -0.411 e. The Kier molecular flexibility index (Phi) is 4.19. The predicted molar refractivity (Wildman–Crippen MR) is 116 cm³/mol. The molecule has 33 heavy (non-hydrogen) atoms. The van der Waals surface area contributed by atoms with Gasteiger partial charge in [-0.05, 0) is 37.1 Å². The molecule has 1 N–H and O–H groups in total. The standard InChI is InChI=1S/C22H21N9O2/c1-12-5-4-7-31-16(12)9-15(28-31)19-17-14(23-11-24-17)6-8-30(19)22(32)21-27-26-20(33-21)18-13(2)10-25-29(18)3/h4-5,7,9-11,19H,6,8H2,1-3H3,(H,23,24)/t19-/m0/s1. The number of aryl methyl sites for hydroxylation is 3. The van der Waals surface area contributed by atoms with Crippen LogP contribution in [0.3, 0.4) is 0 Å². The second-order valence-corrected chi connectivity index (χ2v) is 8.22. The van der Waals surface area contributed by atoms with Crippen molar-refractivity contribution in [3.63, 3.8) is 0 Å². The van der Waals surface area contributed by atoms with Crippen LogP contribution in [0.2, 0.25) is 0 Å². The molecule has 0 spiro atoms. The highest BCUT2D eigenvalue weighted by molar-refractivity contribution is 5.90. The van der Waals surface area contributed by atoms with E-state index in [4.69, 9.17) is 9.52 Å². The Hall–Kier alpha value is -4.28. The highest BCUT2D eigenvalue weighted by Gasteiger charge is 2.38. The number of hydrogen-bond donors (Lipinski definition) is 1. The van der Waals surface area contributed by atoms with Gasteiger partial charge in [0.1, 0.15) is 11.7 Å². The number of fused-ring (bicyclic) bond motifs is 2. The summed E-state index contributed by atoms with van der Waals surface area (Å²) >= 11 is 0. The SMILES string of the molecule is Cc1cnn(C)c1-c1nnc(C(=O)N2CCc3[nH]cnc3[C@@H]2c2cc3c(C)cccn3n2)o1. The van der Waals surface area contributed by atoms with Gasteiger partial charge in [0.05, 0.1) is 29.4 Å². The van der Waals surface area contributed by atoms with E-state index in [1.54, 1.807) is 29.2 Å². The summed E-state index contributed by atoms with van der Waals surface area (Å²) in [7, 11) is 1.79. The maximum absolute atomic E-state index is 13.6. The lowest BCUT2D eigenvalue weighted by atomic mass is 9.99. The van der Waals surface area contributed by atoms with Crippen LogP contribution in [0.4, 0.5) is 0 Å². The number of aromatic amines is 1. The van der Waals surface area contributed by atoms with Gasteiger partial charge >= 0.3 is 11.8 Å². The molecule has 0 aromatic carbocycles. The molecule has 6 heterocycles. The zero-order chi connectivity index (χ0) is 22.7. The number of carbonyl (C=O) groups excluding carboxylic acids is 1. The van der Waals surface area contributed by atoms with Crippen LogP contribution in [0, 0.1) is 13.8 Å².